The number of hydrogen-bond donors (Lipinski definition) is 1. The van der Waals surface area contributed by atoms with E-state index in [1.54, 1.807) is 13.8 Å². The first-order valence-corrected chi connectivity index (χ1v) is 6.88. The summed E-state index contributed by atoms with van der Waals surface area (Å²) in [6, 6.07) is 2.53. The van der Waals surface area contributed by atoms with E-state index in [0.717, 1.165) is 0 Å². The van der Waals surface area contributed by atoms with E-state index in [2.05, 4.69) is 5.32 Å². The zero-order chi connectivity index (χ0) is 15.4. The molecule has 1 fully saturated rings. The molecule has 1 aliphatic rings. The van der Waals surface area contributed by atoms with Gasteiger partial charge in [0, 0.05) is 6.61 Å². The third-order valence-electron chi connectivity index (χ3n) is 3.37. The third kappa shape index (κ3) is 3.58. The molecule has 1 amide bonds. The Hall–Kier alpha value is -1.95. The van der Waals surface area contributed by atoms with E-state index in [1.807, 2.05) is 0 Å². The van der Waals surface area contributed by atoms with Crippen molar-refractivity contribution < 1.29 is 23.5 Å². The van der Waals surface area contributed by atoms with Crippen molar-refractivity contribution in [1.82, 2.24) is 0 Å². The van der Waals surface area contributed by atoms with Crippen molar-refractivity contribution in [3.63, 3.8) is 0 Å². The van der Waals surface area contributed by atoms with Crippen LogP contribution in [-0.2, 0) is 14.3 Å². The zero-order valence-corrected chi connectivity index (χ0v) is 12.1. The van der Waals surface area contributed by atoms with Crippen molar-refractivity contribution in [2.24, 2.45) is 5.92 Å². The minimum Gasteiger partial charge on any atom is -0.462 e. The highest BCUT2D eigenvalue weighted by Gasteiger charge is 2.25. The van der Waals surface area contributed by atoms with Crippen LogP contribution in [0, 0.1) is 18.7 Å². The van der Waals surface area contributed by atoms with Gasteiger partial charge in [-0.25, -0.2) is 9.18 Å². The number of amides is 1. The van der Waals surface area contributed by atoms with E-state index < -0.39 is 11.8 Å². The molecule has 1 atom stereocenters. The second-order valence-electron chi connectivity index (χ2n) is 4.92. The topological polar surface area (TPSA) is 64.6 Å². The Kier molecular flexibility index (Phi) is 4.90. The summed E-state index contributed by atoms with van der Waals surface area (Å²) < 4.78 is 24.0. The first-order chi connectivity index (χ1) is 10.0. The summed E-state index contributed by atoms with van der Waals surface area (Å²) >= 11 is 0. The summed E-state index contributed by atoms with van der Waals surface area (Å²) in [5.41, 5.74) is 0.699. The number of nitrogens with one attached hydrogen (secondary N) is 1. The van der Waals surface area contributed by atoms with Gasteiger partial charge in [-0.1, -0.05) is 0 Å². The molecule has 21 heavy (non-hydrogen) atoms. The zero-order valence-electron chi connectivity index (χ0n) is 12.1. The minimum absolute atomic E-state index is 0.0134. The number of ether oxygens (including phenoxy) is 2. The average Bonchev–Trinajstić information content (AvgIpc) is 2.96. The van der Waals surface area contributed by atoms with Crippen molar-refractivity contribution in [3.05, 3.63) is 29.1 Å². The van der Waals surface area contributed by atoms with E-state index in [1.165, 1.54) is 12.1 Å². The number of hydrogen-bond acceptors (Lipinski definition) is 4. The van der Waals surface area contributed by atoms with Crippen molar-refractivity contribution in [1.29, 1.82) is 0 Å². The molecule has 1 N–H and O–H groups in total. The highest BCUT2D eigenvalue weighted by molar-refractivity contribution is 5.96. The minimum atomic E-state index is -0.576. The molecule has 0 unspecified atom stereocenters. The number of halogens is 1. The summed E-state index contributed by atoms with van der Waals surface area (Å²) in [7, 11) is 0. The largest absolute Gasteiger partial charge is 0.462 e. The van der Waals surface area contributed by atoms with E-state index >= 15 is 0 Å². The summed E-state index contributed by atoms with van der Waals surface area (Å²) in [6.07, 6.45) is 0.615. The SMILES string of the molecule is CCOC(=O)c1cc(NC(=O)[C@H]2CCOC2)c(F)cc1C. The molecule has 2 rings (SSSR count). The Morgan fingerprint density at radius 3 is 2.86 bits per heavy atom. The molecule has 0 saturated carbocycles. The first kappa shape index (κ1) is 15.4. The molecule has 1 aromatic rings. The Morgan fingerprint density at radius 1 is 1.48 bits per heavy atom. The lowest BCUT2D eigenvalue weighted by atomic mass is 10.1. The highest BCUT2D eigenvalue weighted by atomic mass is 19.1. The molecule has 1 saturated heterocycles. The van der Waals surface area contributed by atoms with Gasteiger partial charge in [-0.15, -0.1) is 0 Å². The Balaban J connectivity index is 2.20. The van der Waals surface area contributed by atoms with Crippen LogP contribution in [0.5, 0.6) is 0 Å². The molecular formula is C15H18FNO4. The number of benzene rings is 1. The van der Waals surface area contributed by atoms with Gasteiger partial charge in [0.25, 0.3) is 0 Å². The molecule has 1 aliphatic heterocycles. The van der Waals surface area contributed by atoms with Crippen LogP contribution in [0.3, 0.4) is 0 Å². The lowest BCUT2D eigenvalue weighted by Crippen LogP contribution is -2.23. The molecule has 114 valence electrons. The molecule has 1 aromatic carbocycles. The molecule has 0 bridgehead atoms. The highest BCUT2D eigenvalue weighted by Crippen LogP contribution is 2.23. The van der Waals surface area contributed by atoms with Crippen molar-refractivity contribution >= 4 is 17.6 Å². The summed E-state index contributed by atoms with van der Waals surface area (Å²) in [5.74, 6) is -1.69. The average molecular weight is 295 g/mol. The molecule has 0 aromatic heterocycles. The predicted molar refractivity (Wildman–Crippen MR) is 74.6 cm³/mol. The van der Waals surface area contributed by atoms with Gasteiger partial charge in [0.15, 0.2) is 0 Å². The van der Waals surface area contributed by atoms with Crippen LogP contribution in [0.4, 0.5) is 10.1 Å². The van der Waals surface area contributed by atoms with Gasteiger partial charge in [-0.3, -0.25) is 4.79 Å². The lowest BCUT2D eigenvalue weighted by molar-refractivity contribution is -0.119. The van der Waals surface area contributed by atoms with Crippen LogP contribution >= 0.6 is 0 Å². The monoisotopic (exact) mass is 295 g/mol. The van der Waals surface area contributed by atoms with Gasteiger partial charge in [-0.2, -0.15) is 0 Å². The summed E-state index contributed by atoms with van der Waals surface area (Å²) in [4.78, 5) is 23.8. The van der Waals surface area contributed by atoms with Crippen LogP contribution in [0.15, 0.2) is 12.1 Å². The molecule has 0 radical (unpaired) electrons. The smallest absolute Gasteiger partial charge is 0.338 e. The number of carbonyl (C=O) groups excluding carboxylic acids is 2. The maximum absolute atomic E-state index is 13.9. The normalized spacial score (nSPS) is 17.6. The van der Waals surface area contributed by atoms with E-state index in [-0.39, 0.29) is 29.7 Å². The standard InChI is InChI=1S/C15H18FNO4/c1-3-21-15(19)11-7-13(12(16)6-9(11)2)17-14(18)10-4-5-20-8-10/h6-7,10H,3-5,8H2,1-2H3,(H,17,18)/t10-/m0/s1. The number of carbonyl (C=O) groups is 2. The Labute approximate surface area is 122 Å². The lowest BCUT2D eigenvalue weighted by Gasteiger charge is -2.13. The van der Waals surface area contributed by atoms with Crippen LogP contribution in [0.2, 0.25) is 0 Å². The summed E-state index contributed by atoms with van der Waals surface area (Å²) in [6.45, 7) is 4.41. The Bertz CT molecular complexity index is 553. The predicted octanol–water partition coefficient (Wildman–Crippen LogP) is 2.29. The maximum Gasteiger partial charge on any atom is 0.338 e. The molecule has 6 heteroatoms. The van der Waals surface area contributed by atoms with Gasteiger partial charge in [0.1, 0.15) is 5.82 Å². The number of anilines is 1. The molecule has 0 spiro atoms. The Morgan fingerprint density at radius 2 is 2.24 bits per heavy atom. The van der Waals surface area contributed by atoms with Crippen molar-refractivity contribution in [2.75, 3.05) is 25.1 Å². The van der Waals surface area contributed by atoms with Crippen LogP contribution in [0.25, 0.3) is 0 Å². The van der Waals surface area contributed by atoms with E-state index in [9.17, 15) is 14.0 Å². The van der Waals surface area contributed by atoms with Gasteiger partial charge in [-0.05, 0) is 38.0 Å². The van der Waals surface area contributed by atoms with Gasteiger partial charge in [0.05, 0.1) is 30.4 Å². The fourth-order valence-corrected chi connectivity index (χ4v) is 2.17. The van der Waals surface area contributed by atoms with Crippen molar-refractivity contribution in [3.8, 4) is 0 Å². The second-order valence-corrected chi connectivity index (χ2v) is 4.92. The van der Waals surface area contributed by atoms with Crippen LogP contribution < -0.4 is 5.32 Å². The molecular weight excluding hydrogens is 277 g/mol. The van der Waals surface area contributed by atoms with Gasteiger partial charge >= 0.3 is 5.97 Å². The van der Waals surface area contributed by atoms with Crippen LogP contribution in [-0.4, -0.2) is 31.7 Å². The molecule has 0 aliphatic carbocycles. The van der Waals surface area contributed by atoms with Crippen molar-refractivity contribution in [2.45, 2.75) is 20.3 Å². The van der Waals surface area contributed by atoms with E-state index in [4.69, 9.17) is 9.47 Å². The summed E-state index contributed by atoms with van der Waals surface area (Å²) in [5, 5.41) is 2.52. The first-order valence-electron chi connectivity index (χ1n) is 6.88. The van der Waals surface area contributed by atoms with Crippen LogP contribution in [0.1, 0.15) is 29.3 Å². The number of aryl methyl sites for hydroxylation is 1. The van der Waals surface area contributed by atoms with E-state index in [0.29, 0.717) is 25.2 Å². The number of esters is 1. The fourth-order valence-electron chi connectivity index (χ4n) is 2.17. The van der Waals surface area contributed by atoms with Gasteiger partial charge < -0.3 is 14.8 Å². The number of rotatable bonds is 4. The maximum atomic E-state index is 13.9. The molecule has 1 heterocycles. The second kappa shape index (κ2) is 6.67. The third-order valence-corrected chi connectivity index (χ3v) is 3.37. The fraction of sp³-hybridized carbons (Fsp3) is 0.467. The quantitative estimate of drug-likeness (QED) is 0.866. The molecule has 5 nitrogen and oxygen atoms in total. The van der Waals surface area contributed by atoms with Gasteiger partial charge in [0.2, 0.25) is 5.91 Å².